The number of amides is 1. The van der Waals surface area contributed by atoms with E-state index in [4.69, 9.17) is 0 Å². The number of carbonyl (C=O) groups excluding carboxylic acids is 1. The Labute approximate surface area is 144 Å². The van der Waals surface area contributed by atoms with E-state index < -0.39 is 11.2 Å². The van der Waals surface area contributed by atoms with Gasteiger partial charge < -0.3 is 9.88 Å². The Morgan fingerprint density at radius 3 is 2.60 bits per heavy atom. The van der Waals surface area contributed by atoms with Crippen molar-refractivity contribution in [2.75, 3.05) is 0 Å². The Kier molecular flexibility index (Phi) is 4.06. The minimum Gasteiger partial charge on any atom is -0.332 e. The summed E-state index contributed by atoms with van der Waals surface area (Å²) in [4.78, 5) is 51.1. The minimum atomic E-state index is -0.572. The van der Waals surface area contributed by atoms with Crippen LogP contribution in [0.2, 0.25) is 0 Å². The number of hydrogen-bond donors (Lipinski definition) is 2. The average molecular weight is 343 g/mol. The molecule has 0 aromatic carbocycles. The van der Waals surface area contributed by atoms with Gasteiger partial charge in [-0.25, -0.2) is 14.8 Å². The lowest BCUT2D eigenvalue weighted by Crippen LogP contribution is -2.33. The second-order valence-corrected chi connectivity index (χ2v) is 7.35. The molecule has 1 amide bonds. The normalized spacial score (nSPS) is 13.8. The van der Waals surface area contributed by atoms with Gasteiger partial charge in [-0.15, -0.1) is 0 Å². The number of aromatic nitrogens is 4. The zero-order valence-corrected chi connectivity index (χ0v) is 14.8. The molecule has 1 aliphatic rings. The molecule has 0 fully saturated rings. The molecule has 3 rings (SSSR count). The summed E-state index contributed by atoms with van der Waals surface area (Å²) < 4.78 is 0. The third-order valence-corrected chi connectivity index (χ3v) is 4.26. The van der Waals surface area contributed by atoms with Gasteiger partial charge in [-0.05, 0) is 6.92 Å². The molecule has 0 radical (unpaired) electrons. The van der Waals surface area contributed by atoms with E-state index in [1.165, 1.54) is 0 Å². The third kappa shape index (κ3) is 3.38. The van der Waals surface area contributed by atoms with Crippen molar-refractivity contribution in [2.45, 2.75) is 52.6 Å². The van der Waals surface area contributed by atoms with Crippen molar-refractivity contribution in [3.05, 3.63) is 55.4 Å². The lowest BCUT2D eigenvalue weighted by atomic mass is 9.95. The highest BCUT2D eigenvalue weighted by molar-refractivity contribution is 5.79. The molecule has 0 saturated carbocycles. The van der Waals surface area contributed by atoms with E-state index in [1.54, 1.807) is 18.0 Å². The third-order valence-electron chi connectivity index (χ3n) is 4.26. The van der Waals surface area contributed by atoms with Crippen LogP contribution < -0.4 is 11.2 Å². The predicted molar refractivity (Wildman–Crippen MR) is 91.1 cm³/mol. The number of fused-ring (bicyclic) bond motifs is 1. The van der Waals surface area contributed by atoms with Gasteiger partial charge in [0.15, 0.2) is 0 Å². The molecular formula is C17H21N5O3. The molecule has 0 atom stereocenters. The highest BCUT2D eigenvalue weighted by atomic mass is 16.2. The Balaban J connectivity index is 1.79. The summed E-state index contributed by atoms with van der Waals surface area (Å²) in [5.41, 5.74) is 1.20. The van der Waals surface area contributed by atoms with Crippen molar-refractivity contribution in [1.29, 1.82) is 0 Å². The van der Waals surface area contributed by atoms with Crippen molar-refractivity contribution in [3.63, 3.8) is 0 Å². The summed E-state index contributed by atoms with van der Waals surface area (Å²) in [6.07, 6.45) is 1.71. The van der Waals surface area contributed by atoms with E-state index in [2.05, 4.69) is 19.9 Å². The molecule has 0 unspecified atom stereocenters. The van der Waals surface area contributed by atoms with Gasteiger partial charge in [-0.3, -0.25) is 14.6 Å². The zero-order chi connectivity index (χ0) is 18.4. The minimum absolute atomic E-state index is 0.0640. The molecule has 132 valence electrons. The van der Waals surface area contributed by atoms with E-state index >= 15 is 0 Å². The summed E-state index contributed by atoms with van der Waals surface area (Å²) >= 11 is 0. The van der Waals surface area contributed by atoms with Crippen molar-refractivity contribution >= 4 is 5.91 Å². The number of carbonyl (C=O) groups is 1. The Morgan fingerprint density at radius 1 is 1.24 bits per heavy atom. The topological polar surface area (TPSA) is 112 Å². The second-order valence-electron chi connectivity index (χ2n) is 7.35. The molecule has 3 heterocycles. The Hall–Kier alpha value is -2.77. The van der Waals surface area contributed by atoms with E-state index in [0.717, 1.165) is 17.1 Å². The van der Waals surface area contributed by atoms with Gasteiger partial charge in [-0.1, -0.05) is 20.8 Å². The SMILES string of the molecule is Cc1[nH]c(=O)[nH]c(=O)c1CC(=O)N1Cc2cnc(C(C)(C)C)nc2C1. The molecule has 25 heavy (non-hydrogen) atoms. The first-order valence-electron chi connectivity index (χ1n) is 8.10. The van der Waals surface area contributed by atoms with Gasteiger partial charge >= 0.3 is 5.69 Å². The van der Waals surface area contributed by atoms with E-state index in [0.29, 0.717) is 18.8 Å². The van der Waals surface area contributed by atoms with E-state index in [9.17, 15) is 14.4 Å². The van der Waals surface area contributed by atoms with Gasteiger partial charge in [0.1, 0.15) is 5.82 Å². The van der Waals surface area contributed by atoms with Gasteiger partial charge in [0.05, 0.1) is 18.7 Å². The first-order valence-corrected chi connectivity index (χ1v) is 8.10. The fraction of sp³-hybridized carbons (Fsp3) is 0.471. The van der Waals surface area contributed by atoms with Gasteiger partial charge in [0, 0.05) is 35.0 Å². The Morgan fingerprint density at radius 2 is 1.96 bits per heavy atom. The zero-order valence-electron chi connectivity index (χ0n) is 14.8. The van der Waals surface area contributed by atoms with E-state index in [-0.39, 0.29) is 23.3 Å². The monoisotopic (exact) mass is 343 g/mol. The highest BCUT2D eigenvalue weighted by Gasteiger charge is 2.28. The predicted octanol–water partition coefficient (Wildman–Crippen LogP) is 0.544. The molecule has 8 heteroatoms. The molecule has 1 aliphatic heterocycles. The number of nitrogens with one attached hydrogen (secondary N) is 2. The standard InChI is InChI=1S/C17H21N5O3/c1-9-11(14(24)21-16(25)19-9)5-13(23)22-7-10-6-18-15(17(2,3)4)20-12(10)8-22/h6H,5,7-8H2,1-4H3,(H2,19,21,24,25). The number of aryl methyl sites for hydroxylation is 1. The van der Waals surface area contributed by atoms with Crippen LogP contribution in [-0.4, -0.2) is 30.7 Å². The van der Waals surface area contributed by atoms with Crippen molar-refractivity contribution in [3.8, 4) is 0 Å². The van der Waals surface area contributed by atoms with Crippen LogP contribution in [0.1, 0.15) is 49.1 Å². The first kappa shape index (κ1) is 17.1. The maximum Gasteiger partial charge on any atom is 0.325 e. The van der Waals surface area contributed by atoms with Crippen molar-refractivity contribution in [2.24, 2.45) is 0 Å². The number of nitrogens with zero attached hydrogens (tertiary/aromatic N) is 3. The fourth-order valence-corrected chi connectivity index (χ4v) is 2.79. The number of rotatable bonds is 2. The largest absolute Gasteiger partial charge is 0.332 e. The van der Waals surface area contributed by atoms with Crippen LogP contribution in [0.3, 0.4) is 0 Å². The number of aromatic amines is 2. The molecule has 2 aromatic rings. The Bertz CT molecular complexity index is 952. The van der Waals surface area contributed by atoms with Crippen LogP contribution in [0.25, 0.3) is 0 Å². The second kappa shape index (κ2) is 5.94. The summed E-state index contributed by atoms with van der Waals surface area (Å²) in [7, 11) is 0. The molecule has 0 saturated heterocycles. The quantitative estimate of drug-likeness (QED) is 0.827. The summed E-state index contributed by atoms with van der Waals surface area (Å²) in [5.74, 6) is 0.560. The van der Waals surface area contributed by atoms with Crippen LogP contribution in [0.15, 0.2) is 15.8 Å². The molecule has 0 aliphatic carbocycles. The van der Waals surface area contributed by atoms with Gasteiger partial charge in [0.2, 0.25) is 5.91 Å². The number of H-pyrrole nitrogens is 2. The summed E-state index contributed by atoms with van der Waals surface area (Å²) in [6.45, 7) is 8.56. The maximum atomic E-state index is 12.6. The smallest absolute Gasteiger partial charge is 0.325 e. The molecule has 8 nitrogen and oxygen atoms in total. The maximum absolute atomic E-state index is 12.6. The molecule has 2 aromatic heterocycles. The first-order chi connectivity index (χ1) is 11.6. The average Bonchev–Trinajstić information content (AvgIpc) is 2.92. The van der Waals surface area contributed by atoms with Crippen LogP contribution in [0, 0.1) is 6.92 Å². The molecule has 0 spiro atoms. The van der Waals surface area contributed by atoms with Crippen molar-refractivity contribution < 1.29 is 4.79 Å². The molecule has 0 bridgehead atoms. The lowest BCUT2D eigenvalue weighted by molar-refractivity contribution is -0.131. The molecular weight excluding hydrogens is 322 g/mol. The molecule has 2 N–H and O–H groups in total. The van der Waals surface area contributed by atoms with Crippen LogP contribution >= 0.6 is 0 Å². The highest BCUT2D eigenvalue weighted by Crippen LogP contribution is 2.25. The van der Waals surface area contributed by atoms with Gasteiger partial charge in [-0.2, -0.15) is 0 Å². The summed E-state index contributed by atoms with van der Waals surface area (Å²) in [6, 6.07) is 0. The van der Waals surface area contributed by atoms with E-state index in [1.807, 2.05) is 20.8 Å². The lowest BCUT2D eigenvalue weighted by Gasteiger charge is -2.16. The van der Waals surface area contributed by atoms with Crippen LogP contribution in [-0.2, 0) is 29.7 Å². The fourth-order valence-electron chi connectivity index (χ4n) is 2.79. The van der Waals surface area contributed by atoms with Crippen LogP contribution in [0.5, 0.6) is 0 Å². The summed E-state index contributed by atoms with van der Waals surface area (Å²) in [5, 5.41) is 0. The number of hydrogen-bond acceptors (Lipinski definition) is 5. The van der Waals surface area contributed by atoms with Crippen molar-refractivity contribution in [1.82, 2.24) is 24.8 Å². The van der Waals surface area contributed by atoms with Crippen LogP contribution in [0.4, 0.5) is 0 Å². The van der Waals surface area contributed by atoms with Gasteiger partial charge in [0.25, 0.3) is 5.56 Å².